The summed E-state index contributed by atoms with van der Waals surface area (Å²) in [5.41, 5.74) is 0.338. The maximum absolute atomic E-state index is 12.9. The van der Waals surface area contributed by atoms with Gasteiger partial charge in [0.05, 0.1) is 16.4 Å². The van der Waals surface area contributed by atoms with Gasteiger partial charge in [-0.25, -0.2) is 8.42 Å². The molecule has 25 heavy (non-hydrogen) atoms. The van der Waals surface area contributed by atoms with Crippen molar-refractivity contribution in [2.45, 2.75) is 23.1 Å². The second kappa shape index (κ2) is 6.33. The molecule has 3 rings (SSSR count). The number of ketones is 1. The molecule has 1 amide bonds. The number of amides is 1. The van der Waals surface area contributed by atoms with E-state index in [9.17, 15) is 18.0 Å². The number of hydrogen-bond donors (Lipinski definition) is 1. The third kappa shape index (κ3) is 2.80. The summed E-state index contributed by atoms with van der Waals surface area (Å²) in [6.07, 6.45) is 0.800. The highest BCUT2D eigenvalue weighted by molar-refractivity contribution is 7.91. The number of ether oxygens (including phenoxy) is 1. The second-order valence-corrected chi connectivity index (χ2v) is 7.52. The predicted molar refractivity (Wildman–Crippen MR) is 90.9 cm³/mol. The van der Waals surface area contributed by atoms with E-state index >= 15 is 0 Å². The largest absolute Gasteiger partial charge is 0.494 e. The Morgan fingerprint density at radius 2 is 1.84 bits per heavy atom. The molecule has 0 spiro atoms. The molecule has 1 heterocycles. The second-order valence-electron chi connectivity index (χ2n) is 5.63. The van der Waals surface area contributed by atoms with Crippen LogP contribution in [0.1, 0.15) is 39.6 Å². The first-order chi connectivity index (χ1) is 11.9. The molecule has 130 valence electrons. The fourth-order valence-electron chi connectivity index (χ4n) is 2.71. The van der Waals surface area contributed by atoms with Gasteiger partial charge < -0.3 is 10.1 Å². The Morgan fingerprint density at radius 1 is 1.08 bits per heavy atom. The van der Waals surface area contributed by atoms with Crippen molar-refractivity contribution in [3.05, 3.63) is 53.1 Å². The van der Waals surface area contributed by atoms with Gasteiger partial charge >= 0.3 is 0 Å². The molecular formula is C18H17NO5S. The Balaban J connectivity index is 2.16. The smallest absolute Gasteiger partial charge is 0.251 e. The molecule has 0 fully saturated rings. The standard InChI is InChI=1S/C18H17NO5S/c1-3-8-24-12-5-7-15-14(10-12)17(20)13-6-4-11(18(21)19-2)9-16(13)25(15,22)23/h4-7,9-10H,3,8H2,1-2H3,(H,19,21). The number of carbonyl (C=O) groups excluding carboxylic acids is 2. The minimum absolute atomic E-state index is 0.0628. The monoisotopic (exact) mass is 359 g/mol. The Morgan fingerprint density at radius 3 is 2.52 bits per heavy atom. The first kappa shape index (κ1) is 17.2. The number of sulfone groups is 1. The average Bonchev–Trinajstić information content (AvgIpc) is 2.63. The summed E-state index contributed by atoms with van der Waals surface area (Å²) in [5, 5.41) is 2.44. The van der Waals surface area contributed by atoms with Crippen LogP contribution in [0.4, 0.5) is 0 Å². The van der Waals surface area contributed by atoms with E-state index in [1.165, 1.54) is 43.4 Å². The minimum atomic E-state index is -3.89. The molecule has 0 aliphatic carbocycles. The minimum Gasteiger partial charge on any atom is -0.494 e. The molecule has 2 aromatic rings. The number of nitrogens with one attached hydrogen (secondary N) is 1. The third-order valence-corrected chi connectivity index (χ3v) is 5.81. The van der Waals surface area contributed by atoms with E-state index in [2.05, 4.69) is 5.32 Å². The highest BCUT2D eigenvalue weighted by Gasteiger charge is 2.35. The van der Waals surface area contributed by atoms with Gasteiger partial charge in [0.1, 0.15) is 5.75 Å². The van der Waals surface area contributed by atoms with Gasteiger partial charge in [-0.2, -0.15) is 0 Å². The van der Waals surface area contributed by atoms with Crippen LogP contribution < -0.4 is 10.1 Å². The zero-order chi connectivity index (χ0) is 18.2. The van der Waals surface area contributed by atoms with Crippen LogP contribution in [-0.2, 0) is 9.84 Å². The first-order valence-corrected chi connectivity index (χ1v) is 9.31. The van der Waals surface area contributed by atoms with Crippen LogP contribution in [-0.4, -0.2) is 33.8 Å². The molecule has 0 atom stereocenters. The molecule has 0 bridgehead atoms. The highest BCUT2D eigenvalue weighted by Crippen LogP contribution is 2.36. The molecule has 0 aromatic heterocycles. The summed E-state index contributed by atoms with van der Waals surface area (Å²) in [6.45, 7) is 2.43. The summed E-state index contributed by atoms with van der Waals surface area (Å²) in [7, 11) is -2.44. The van der Waals surface area contributed by atoms with Gasteiger partial charge in [0.15, 0.2) is 5.78 Å². The van der Waals surface area contributed by atoms with Crippen molar-refractivity contribution in [1.29, 1.82) is 0 Å². The first-order valence-electron chi connectivity index (χ1n) is 7.83. The van der Waals surface area contributed by atoms with Gasteiger partial charge in [0.25, 0.3) is 5.91 Å². The van der Waals surface area contributed by atoms with E-state index in [4.69, 9.17) is 4.74 Å². The van der Waals surface area contributed by atoms with E-state index in [0.29, 0.717) is 12.4 Å². The third-order valence-electron chi connectivity index (χ3n) is 3.96. The van der Waals surface area contributed by atoms with E-state index in [-0.39, 0.29) is 26.5 Å². The zero-order valence-corrected chi connectivity index (χ0v) is 14.6. The molecule has 0 saturated carbocycles. The van der Waals surface area contributed by atoms with Gasteiger partial charge in [-0.1, -0.05) is 6.92 Å². The maximum atomic E-state index is 12.9. The summed E-state index contributed by atoms with van der Waals surface area (Å²) in [5.74, 6) is -0.362. The molecule has 2 aromatic carbocycles. The number of hydrogen-bond acceptors (Lipinski definition) is 5. The lowest BCUT2D eigenvalue weighted by molar-refractivity contribution is 0.0960. The zero-order valence-electron chi connectivity index (χ0n) is 13.8. The molecule has 0 saturated heterocycles. The number of rotatable bonds is 4. The van der Waals surface area contributed by atoms with Crippen molar-refractivity contribution < 1.29 is 22.7 Å². The quantitative estimate of drug-likeness (QED) is 0.771. The van der Waals surface area contributed by atoms with Crippen molar-refractivity contribution in [2.24, 2.45) is 0 Å². The van der Waals surface area contributed by atoms with Gasteiger partial charge in [-0.3, -0.25) is 9.59 Å². The number of fused-ring (bicyclic) bond motifs is 2. The van der Waals surface area contributed by atoms with Crippen LogP contribution in [0.2, 0.25) is 0 Å². The van der Waals surface area contributed by atoms with Gasteiger partial charge in [0, 0.05) is 23.7 Å². The maximum Gasteiger partial charge on any atom is 0.251 e. The average molecular weight is 359 g/mol. The summed E-state index contributed by atoms with van der Waals surface area (Å²) in [4.78, 5) is 24.3. The molecular weight excluding hydrogens is 342 g/mol. The van der Waals surface area contributed by atoms with Gasteiger partial charge in [-0.05, 0) is 42.8 Å². The Labute approximate surface area is 145 Å². The van der Waals surface area contributed by atoms with E-state index in [0.717, 1.165) is 6.42 Å². The molecule has 1 N–H and O–H groups in total. The highest BCUT2D eigenvalue weighted by atomic mass is 32.2. The molecule has 7 heteroatoms. The predicted octanol–water partition coefficient (Wildman–Crippen LogP) is 2.21. The topological polar surface area (TPSA) is 89.5 Å². The number of benzene rings is 2. The summed E-state index contributed by atoms with van der Waals surface area (Å²) in [6, 6.07) is 8.43. The Hall–Kier alpha value is -2.67. The van der Waals surface area contributed by atoms with E-state index in [1.807, 2.05) is 6.92 Å². The van der Waals surface area contributed by atoms with Gasteiger partial charge in [-0.15, -0.1) is 0 Å². The lowest BCUT2D eigenvalue weighted by atomic mass is 10.0. The molecule has 0 unspecified atom stereocenters. The summed E-state index contributed by atoms with van der Waals surface area (Å²) >= 11 is 0. The molecule has 1 aliphatic heterocycles. The normalized spacial score (nSPS) is 14.4. The number of carbonyl (C=O) groups is 2. The van der Waals surface area contributed by atoms with Crippen LogP contribution in [0.25, 0.3) is 0 Å². The Bertz CT molecular complexity index is 979. The fraction of sp³-hybridized carbons (Fsp3) is 0.222. The van der Waals surface area contributed by atoms with Crippen LogP contribution in [0.5, 0.6) is 5.75 Å². The van der Waals surface area contributed by atoms with Crippen LogP contribution in [0.3, 0.4) is 0 Å². The van der Waals surface area contributed by atoms with Crippen LogP contribution >= 0.6 is 0 Å². The lowest BCUT2D eigenvalue weighted by Crippen LogP contribution is -2.23. The lowest BCUT2D eigenvalue weighted by Gasteiger charge is -2.20. The molecule has 6 nitrogen and oxygen atoms in total. The van der Waals surface area contributed by atoms with E-state index < -0.39 is 21.5 Å². The fourth-order valence-corrected chi connectivity index (χ4v) is 4.37. The van der Waals surface area contributed by atoms with Gasteiger partial charge in [0.2, 0.25) is 9.84 Å². The van der Waals surface area contributed by atoms with Crippen LogP contribution in [0.15, 0.2) is 46.2 Å². The van der Waals surface area contributed by atoms with Crippen molar-refractivity contribution in [2.75, 3.05) is 13.7 Å². The van der Waals surface area contributed by atoms with Crippen molar-refractivity contribution in [1.82, 2.24) is 5.32 Å². The Kier molecular flexibility index (Phi) is 4.34. The molecule has 1 aliphatic rings. The SMILES string of the molecule is CCCOc1ccc2c(c1)C(=O)c1ccc(C(=O)NC)cc1S2(=O)=O. The van der Waals surface area contributed by atoms with Crippen LogP contribution in [0, 0.1) is 0 Å². The molecule has 0 radical (unpaired) electrons. The summed E-state index contributed by atoms with van der Waals surface area (Å²) < 4.78 is 31.3. The van der Waals surface area contributed by atoms with Crippen molar-refractivity contribution in [3.8, 4) is 5.75 Å². The van der Waals surface area contributed by atoms with Crippen molar-refractivity contribution >= 4 is 21.5 Å². The van der Waals surface area contributed by atoms with Crippen molar-refractivity contribution in [3.63, 3.8) is 0 Å². The van der Waals surface area contributed by atoms with E-state index in [1.54, 1.807) is 0 Å².